The largest absolute Gasteiger partial charge is 0.494 e. The van der Waals surface area contributed by atoms with E-state index in [1.165, 1.54) is 6.42 Å². The van der Waals surface area contributed by atoms with Crippen LogP contribution in [-0.4, -0.2) is 7.12 Å². The van der Waals surface area contributed by atoms with Gasteiger partial charge in [-0.15, -0.1) is 0 Å². The molecule has 0 spiro atoms. The third-order valence-electron chi connectivity index (χ3n) is 2.39. The summed E-state index contributed by atoms with van der Waals surface area (Å²) >= 11 is 0. The Labute approximate surface area is 67.3 Å². The first kappa shape index (κ1) is 9.00. The van der Waals surface area contributed by atoms with Crippen LogP contribution >= 0.6 is 0 Å². The van der Waals surface area contributed by atoms with Gasteiger partial charge in [0.05, 0.1) is 0 Å². The Balaban J connectivity index is 2.34. The zero-order chi connectivity index (χ0) is 8.27. The smallest absolute Gasteiger partial charge is 0.328 e. The lowest BCUT2D eigenvalue weighted by molar-refractivity contribution is 0.193. The van der Waals surface area contributed by atoms with Crippen molar-refractivity contribution in [1.29, 1.82) is 0 Å². The molecule has 0 aliphatic heterocycles. The number of nitrogens with two attached hydrogens (primary N) is 2. The van der Waals surface area contributed by atoms with Gasteiger partial charge < -0.3 is 9.51 Å². The summed E-state index contributed by atoms with van der Waals surface area (Å²) in [6.45, 7) is 2.21. The summed E-state index contributed by atoms with van der Waals surface area (Å²) in [7, 11) is -0.417. The minimum atomic E-state index is -0.417. The van der Waals surface area contributed by atoms with Crippen LogP contribution < -0.4 is 11.8 Å². The first-order valence-electron chi connectivity index (χ1n) is 3.99. The lowest BCUT2D eigenvalue weighted by atomic mass is 9.71. The van der Waals surface area contributed by atoms with Gasteiger partial charge in [-0.2, -0.15) is 0 Å². The molecule has 0 heterocycles. The Morgan fingerprint density at radius 3 is 2.27 bits per heavy atom. The van der Waals surface area contributed by atoms with Gasteiger partial charge in [0.25, 0.3) is 0 Å². The van der Waals surface area contributed by atoms with Crippen molar-refractivity contribution in [2.24, 2.45) is 17.7 Å². The molecule has 0 aromatic rings. The Kier molecular flexibility index (Phi) is 3.32. The summed E-state index contributed by atoms with van der Waals surface area (Å²) in [5.74, 6) is 11.1. The molecule has 1 rings (SSSR count). The van der Waals surface area contributed by atoms with Crippen molar-refractivity contribution in [3.63, 3.8) is 0 Å². The highest BCUT2D eigenvalue weighted by Gasteiger charge is 2.34. The van der Waals surface area contributed by atoms with Gasteiger partial charge in [0.15, 0.2) is 0 Å². The molecule has 1 aliphatic rings. The standard InChI is InChI=1S/C6H15BN2O2/c1-5-2-3-6(4-5)7(10-8)11-9/h5-6H,2-4,8-9H2,1H3. The fraction of sp³-hybridized carbons (Fsp3) is 1.00. The van der Waals surface area contributed by atoms with Crippen molar-refractivity contribution in [3.8, 4) is 0 Å². The Bertz CT molecular complexity index is 121. The van der Waals surface area contributed by atoms with E-state index in [2.05, 4.69) is 16.4 Å². The highest BCUT2D eigenvalue weighted by atomic mass is 16.7. The predicted molar refractivity (Wildman–Crippen MR) is 43.1 cm³/mol. The molecule has 1 fully saturated rings. The lowest BCUT2D eigenvalue weighted by Gasteiger charge is -2.13. The van der Waals surface area contributed by atoms with Crippen molar-refractivity contribution in [1.82, 2.24) is 0 Å². The molecule has 5 heteroatoms. The van der Waals surface area contributed by atoms with Crippen molar-refractivity contribution in [2.75, 3.05) is 0 Å². The molecule has 4 nitrogen and oxygen atoms in total. The van der Waals surface area contributed by atoms with E-state index in [0.717, 1.165) is 18.8 Å². The van der Waals surface area contributed by atoms with Gasteiger partial charge in [-0.05, 0) is 18.2 Å². The topological polar surface area (TPSA) is 70.5 Å². The monoisotopic (exact) mass is 158 g/mol. The molecule has 0 bridgehead atoms. The summed E-state index contributed by atoms with van der Waals surface area (Å²) in [4.78, 5) is 0. The molecule has 4 N–H and O–H groups in total. The van der Waals surface area contributed by atoms with Crippen molar-refractivity contribution < 1.29 is 9.51 Å². The van der Waals surface area contributed by atoms with Gasteiger partial charge in [0.1, 0.15) is 0 Å². The molecular formula is C6H15BN2O2. The quantitative estimate of drug-likeness (QED) is 0.461. The van der Waals surface area contributed by atoms with E-state index in [1.54, 1.807) is 0 Å². The molecular weight excluding hydrogens is 143 g/mol. The number of hydrogen-bond acceptors (Lipinski definition) is 4. The number of rotatable bonds is 3. The predicted octanol–water partition coefficient (Wildman–Crippen LogP) is 0.445. The first-order valence-corrected chi connectivity index (χ1v) is 3.99. The fourth-order valence-corrected chi connectivity index (χ4v) is 1.75. The molecule has 2 unspecified atom stereocenters. The minimum absolute atomic E-state index is 0.375. The lowest BCUT2D eigenvalue weighted by Crippen LogP contribution is -2.33. The third kappa shape index (κ3) is 2.17. The molecule has 1 saturated carbocycles. The maximum Gasteiger partial charge on any atom is 0.494 e. The maximum absolute atomic E-state index is 5.00. The van der Waals surface area contributed by atoms with Crippen LogP contribution in [0.3, 0.4) is 0 Å². The molecule has 0 aromatic heterocycles. The third-order valence-corrected chi connectivity index (χ3v) is 2.39. The molecule has 0 saturated heterocycles. The van der Waals surface area contributed by atoms with Gasteiger partial charge in [0, 0.05) is 0 Å². The second-order valence-corrected chi connectivity index (χ2v) is 3.32. The summed E-state index contributed by atoms with van der Waals surface area (Å²) in [6.07, 6.45) is 3.41. The average molecular weight is 158 g/mol. The summed E-state index contributed by atoms with van der Waals surface area (Å²) < 4.78 is 9.17. The zero-order valence-electron chi connectivity index (χ0n) is 6.82. The molecule has 0 aromatic carbocycles. The molecule has 11 heavy (non-hydrogen) atoms. The van der Waals surface area contributed by atoms with E-state index in [9.17, 15) is 0 Å². The van der Waals surface area contributed by atoms with Crippen molar-refractivity contribution >= 4 is 7.12 Å². The van der Waals surface area contributed by atoms with Crippen LogP contribution in [0.15, 0.2) is 0 Å². The van der Waals surface area contributed by atoms with Crippen LogP contribution in [0.2, 0.25) is 5.82 Å². The van der Waals surface area contributed by atoms with Crippen LogP contribution in [0, 0.1) is 5.92 Å². The SMILES string of the molecule is CC1CCC(B(ON)ON)C1. The Morgan fingerprint density at radius 1 is 1.27 bits per heavy atom. The highest BCUT2D eigenvalue weighted by Crippen LogP contribution is 2.36. The van der Waals surface area contributed by atoms with Crippen molar-refractivity contribution in [3.05, 3.63) is 0 Å². The van der Waals surface area contributed by atoms with Gasteiger partial charge in [-0.1, -0.05) is 19.8 Å². The van der Waals surface area contributed by atoms with Crippen LogP contribution in [0.1, 0.15) is 26.2 Å². The minimum Gasteiger partial charge on any atom is -0.328 e. The van der Waals surface area contributed by atoms with E-state index in [0.29, 0.717) is 5.82 Å². The maximum atomic E-state index is 5.00. The second-order valence-electron chi connectivity index (χ2n) is 3.32. The van der Waals surface area contributed by atoms with Crippen LogP contribution in [0.5, 0.6) is 0 Å². The average Bonchev–Trinajstić information content (AvgIpc) is 2.39. The summed E-state index contributed by atoms with van der Waals surface area (Å²) in [6, 6.07) is 0. The van der Waals surface area contributed by atoms with Crippen molar-refractivity contribution in [2.45, 2.75) is 32.0 Å². The van der Waals surface area contributed by atoms with Gasteiger partial charge in [-0.3, -0.25) is 0 Å². The Hall–Kier alpha value is -0.0951. The highest BCUT2D eigenvalue weighted by molar-refractivity contribution is 6.46. The summed E-state index contributed by atoms with van der Waals surface area (Å²) in [5, 5.41) is 0. The molecule has 0 radical (unpaired) electrons. The van der Waals surface area contributed by atoms with Crippen LogP contribution in [0.25, 0.3) is 0 Å². The van der Waals surface area contributed by atoms with Gasteiger partial charge >= 0.3 is 7.12 Å². The van der Waals surface area contributed by atoms with E-state index < -0.39 is 7.12 Å². The normalized spacial score (nSPS) is 30.8. The van der Waals surface area contributed by atoms with E-state index in [-0.39, 0.29) is 0 Å². The van der Waals surface area contributed by atoms with E-state index >= 15 is 0 Å². The second kappa shape index (κ2) is 4.06. The van der Waals surface area contributed by atoms with Gasteiger partial charge in [0.2, 0.25) is 0 Å². The van der Waals surface area contributed by atoms with Crippen LogP contribution in [0.4, 0.5) is 0 Å². The van der Waals surface area contributed by atoms with Gasteiger partial charge in [-0.25, -0.2) is 11.8 Å². The van der Waals surface area contributed by atoms with E-state index in [4.69, 9.17) is 11.8 Å². The fourth-order valence-electron chi connectivity index (χ4n) is 1.75. The van der Waals surface area contributed by atoms with E-state index in [1.807, 2.05) is 0 Å². The first-order chi connectivity index (χ1) is 5.27. The zero-order valence-corrected chi connectivity index (χ0v) is 6.82. The molecule has 2 atom stereocenters. The summed E-state index contributed by atoms with van der Waals surface area (Å²) in [5.41, 5.74) is 0. The number of hydrogen-bond donors (Lipinski definition) is 2. The molecule has 64 valence electrons. The Morgan fingerprint density at radius 2 is 1.91 bits per heavy atom. The molecule has 1 aliphatic carbocycles. The molecule has 0 amide bonds. The van der Waals surface area contributed by atoms with Crippen LogP contribution in [-0.2, 0) is 9.51 Å².